The van der Waals surface area contributed by atoms with Crippen LogP contribution in [0.3, 0.4) is 0 Å². The Labute approximate surface area is 104 Å². The van der Waals surface area contributed by atoms with Gasteiger partial charge in [0.1, 0.15) is 4.88 Å². The number of thiazole rings is 1. The first kappa shape index (κ1) is 13.6. The van der Waals surface area contributed by atoms with Crippen molar-refractivity contribution in [3.8, 4) is 0 Å². The summed E-state index contributed by atoms with van der Waals surface area (Å²) in [6, 6.07) is 0. The zero-order chi connectivity index (χ0) is 12.8. The van der Waals surface area contributed by atoms with Crippen molar-refractivity contribution in [1.82, 2.24) is 9.88 Å². The number of methoxy groups -OCH3 is 1. The van der Waals surface area contributed by atoms with E-state index in [0.29, 0.717) is 24.3 Å². The highest BCUT2D eigenvalue weighted by Crippen LogP contribution is 2.14. The molecule has 0 radical (unpaired) electrons. The molecular weight excluding hydrogens is 240 g/mol. The van der Waals surface area contributed by atoms with Gasteiger partial charge < -0.3 is 9.64 Å². The summed E-state index contributed by atoms with van der Waals surface area (Å²) in [4.78, 5) is 29.2. The fourth-order valence-electron chi connectivity index (χ4n) is 1.34. The van der Waals surface area contributed by atoms with Gasteiger partial charge in [-0.15, -0.1) is 11.3 Å². The number of esters is 1. The van der Waals surface area contributed by atoms with Crippen LogP contribution in [0.25, 0.3) is 0 Å². The molecule has 94 valence electrons. The van der Waals surface area contributed by atoms with Gasteiger partial charge in [-0.3, -0.25) is 9.59 Å². The molecule has 0 saturated carbocycles. The standard InChI is InChI=1S/C11H16N2O3S/c1-8-10(17-7-12-8)11(15)13(2)6-4-5-9(14)16-3/h7H,4-6H2,1-3H3. The number of ether oxygens (including phenoxy) is 1. The third-order valence-electron chi connectivity index (χ3n) is 2.39. The highest BCUT2D eigenvalue weighted by molar-refractivity contribution is 7.11. The Bertz CT molecular complexity index is 403. The summed E-state index contributed by atoms with van der Waals surface area (Å²) in [5.41, 5.74) is 2.41. The van der Waals surface area contributed by atoms with Crippen molar-refractivity contribution in [2.24, 2.45) is 0 Å². The molecule has 0 spiro atoms. The van der Waals surface area contributed by atoms with Crippen LogP contribution >= 0.6 is 11.3 Å². The molecule has 1 aromatic rings. The lowest BCUT2D eigenvalue weighted by atomic mass is 10.3. The molecule has 1 amide bonds. The van der Waals surface area contributed by atoms with Crippen LogP contribution in [0.1, 0.15) is 28.2 Å². The van der Waals surface area contributed by atoms with E-state index in [-0.39, 0.29) is 11.9 Å². The van der Waals surface area contributed by atoms with Crippen LogP contribution in [0.15, 0.2) is 5.51 Å². The molecule has 1 heterocycles. The Morgan fingerprint density at radius 2 is 2.24 bits per heavy atom. The van der Waals surface area contributed by atoms with E-state index in [1.807, 2.05) is 6.92 Å². The van der Waals surface area contributed by atoms with E-state index in [1.165, 1.54) is 18.4 Å². The van der Waals surface area contributed by atoms with Crippen LogP contribution < -0.4 is 0 Å². The third-order valence-corrected chi connectivity index (χ3v) is 3.31. The molecule has 0 atom stereocenters. The molecule has 1 rings (SSSR count). The summed E-state index contributed by atoms with van der Waals surface area (Å²) < 4.78 is 4.53. The van der Waals surface area contributed by atoms with E-state index < -0.39 is 0 Å². The summed E-state index contributed by atoms with van der Waals surface area (Å²) in [7, 11) is 3.08. The highest BCUT2D eigenvalue weighted by Gasteiger charge is 2.16. The zero-order valence-corrected chi connectivity index (χ0v) is 11.0. The average molecular weight is 256 g/mol. The number of carbonyl (C=O) groups excluding carboxylic acids is 2. The lowest BCUT2D eigenvalue weighted by Gasteiger charge is -2.15. The van der Waals surface area contributed by atoms with Crippen LogP contribution in [-0.2, 0) is 9.53 Å². The fraction of sp³-hybridized carbons (Fsp3) is 0.545. The van der Waals surface area contributed by atoms with E-state index in [4.69, 9.17) is 0 Å². The van der Waals surface area contributed by atoms with Crippen molar-refractivity contribution in [3.63, 3.8) is 0 Å². The predicted octanol–water partition coefficient (Wildman–Crippen LogP) is 1.48. The Hall–Kier alpha value is -1.43. The molecule has 6 heteroatoms. The van der Waals surface area contributed by atoms with Crippen molar-refractivity contribution in [1.29, 1.82) is 0 Å². The van der Waals surface area contributed by atoms with E-state index in [9.17, 15) is 9.59 Å². The van der Waals surface area contributed by atoms with E-state index in [1.54, 1.807) is 17.5 Å². The van der Waals surface area contributed by atoms with Gasteiger partial charge in [0.15, 0.2) is 0 Å². The van der Waals surface area contributed by atoms with Crippen LogP contribution in [0.5, 0.6) is 0 Å². The van der Waals surface area contributed by atoms with Gasteiger partial charge in [-0.25, -0.2) is 4.98 Å². The molecule has 17 heavy (non-hydrogen) atoms. The third kappa shape index (κ3) is 3.81. The minimum Gasteiger partial charge on any atom is -0.469 e. The summed E-state index contributed by atoms with van der Waals surface area (Å²) in [5, 5.41) is 0. The summed E-state index contributed by atoms with van der Waals surface area (Å²) in [6.45, 7) is 2.34. The molecule has 5 nitrogen and oxygen atoms in total. The molecule has 0 aliphatic rings. The quantitative estimate of drug-likeness (QED) is 0.749. The van der Waals surface area contributed by atoms with E-state index in [2.05, 4.69) is 9.72 Å². The van der Waals surface area contributed by atoms with Gasteiger partial charge >= 0.3 is 5.97 Å². The number of nitrogens with zero attached hydrogens (tertiary/aromatic N) is 2. The summed E-state index contributed by atoms with van der Waals surface area (Å²) in [5.74, 6) is -0.297. The predicted molar refractivity (Wildman–Crippen MR) is 65.1 cm³/mol. The normalized spacial score (nSPS) is 10.1. The van der Waals surface area contributed by atoms with Gasteiger partial charge in [-0.1, -0.05) is 0 Å². The van der Waals surface area contributed by atoms with Gasteiger partial charge in [0.2, 0.25) is 0 Å². The highest BCUT2D eigenvalue weighted by atomic mass is 32.1. The fourth-order valence-corrected chi connectivity index (χ4v) is 2.14. The van der Waals surface area contributed by atoms with Crippen molar-refractivity contribution in [3.05, 3.63) is 16.1 Å². The SMILES string of the molecule is COC(=O)CCCN(C)C(=O)c1scnc1C. The minimum absolute atomic E-state index is 0.0464. The summed E-state index contributed by atoms with van der Waals surface area (Å²) in [6.07, 6.45) is 0.933. The van der Waals surface area contributed by atoms with Gasteiger partial charge in [-0.05, 0) is 13.3 Å². The maximum absolute atomic E-state index is 12.0. The molecule has 0 aromatic carbocycles. The Kier molecular flexibility index (Phi) is 5.09. The summed E-state index contributed by atoms with van der Waals surface area (Å²) >= 11 is 1.34. The van der Waals surface area contributed by atoms with Crippen LogP contribution in [-0.4, -0.2) is 42.5 Å². The topological polar surface area (TPSA) is 59.5 Å². The van der Waals surface area contributed by atoms with Crippen molar-refractivity contribution >= 4 is 23.2 Å². The second-order valence-electron chi connectivity index (χ2n) is 3.67. The van der Waals surface area contributed by atoms with Crippen molar-refractivity contribution in [2.75, 3.05) is 20.7 Å². The number of aromatic nitrogens is 1. The van der Waals surface area contributed by atoms with Gasteiger partial charge in [-0.2, -0.15) is 0 Å². The zero-order valence-electron chi connectivity index (χ0n) is 10.2. The second kappa shape index (κ2) is 6.34. The Balaban J connectivity index is 2.43. The molecule has 0 bridgehead atoms. The van der Waals surface area contributed by atoms with Gasteiger partial charge in [0.25, 0.3) is 5.91 Å². The van der Waals surface area contributed by atoms with Crippen LogP contribution in [0.4, 0.5) is 0 Å². The molecule has 0 unspecified atom stereocenters. The number of carbonyl (C=O) groups is 2. The van der Waals surface area contributed by atoms with Gasteiger partial charge in [0, 0.05) is 20.0 Å². The molecule has 0 fully saturated rings. The minimum atomic E-state index is -0.250. The second-order valence-corrected chi connectivity index (χ2v) is 4.53. The number of hydrogen-bond acceptors (Lipinski definition) is 5. The first-order chi connectivity index (χ1) is 8.06. The molecule has 0 N–H and O–H groups in total. The number of hydrogen-bond donors (Lipinski definition) is 0. The first-order valence-corrected chi connectivity index (χ1v) is 6.16. The molecule has 0 saturated heterocycles. The number of aryl methyl sites for hydroxylation is 1. The van der Waals surface area contributed by atoms with Crippen LogP contribution in [0.2, 0.25) is 0 Å². The lowest BCUT2D eigenvalue weighted by Crippen LogP contribution is -2.28. The Morgan fingerprint density at radius 3 is 2.76 bits per heavy atom. The maximum atomic E-state index is 12.0. The lowest BCUT2D eigenvalue weighted by molar-refractivity contribution is -0.140. The largest absolute Gasteiger partial charge is 0.469 e. The van der Waals surface area contributed by atoms with E-state index in [0.717, 1.165) is 5.69 Å². The van der Waals surface area contributed by atoms with Crippen molar-refractivity contribution < 1.29 is 14.3 Å². The number of amides is 1. The van der Waals surface area contributed by atoms with Crippen molar-refractivity contribution in [2.45, 2.75) is 19.8 Å². The van der Waals surface area contributed by atoms with Gasteiger partial charge in [0.05, 0.1) is 18.3 Å². The smallest absolute Gasteiger partial charge is 0.305 e. The molecule has 0 aliphatic heterocycles. The first-order valence-electron chi connectivity index (χ1n) is 5.28. The molecule has 0 aliphatic carbocycles. The Morgan fingerprint density at radius 1 is 1.53 bits per heavy atom. The number of rotatable bonds is 5. The van der Waals surface area contributed by atoms with Crippen LogP contribution in [0, 0.1) is 6.92 Å². The molecular formula is C11H16N2O3S. The van der Waals surface area contributed by atoms with E-state index >= 15 is 0 Å². The maximum Gasteiger partial charge on any atom is 0.305 e. The average Bonchev–Trinajstić information content (AvgIpc) is 2.74. The monoisotopic (exact) mass is 256 g/mol. The molecule has 1 aromatic heterocycles.